The van der Waals surface area contributed by atoms with Crippen molar-refractivity contribution in [1.29, 1.82) is 0 Å². The zero-order chi connectivity index (χ0) is 13.9. The van der Waals surface area contributed by atoms with Gasteiger partial charge < -0.3 is 5.32 Å². The van der Waals surface area contributed by atoms with Gasteiger partial charge in [0.2, 0.25) is 0 Å². The van der Waals surface area contributed by atoms with E-state index in [0.717, 1.165) is 23.1 Å². The van der Waals surface area contributed by atoms with Crippen LogP contribution in [0.15, 0.2) is 24.3 Å². The lowest BCUT2D eigenvalue weighted by Crippen LogP contribution is -2.25. The molecule has 1 aliphatic rings. The molecule has 0 radical (unpaired) electrons. The number of H-pyrrole nitrogens is 1. The predicted octanol–water partition coefficient (Wildman–Crippen LogP) is 3.77. The Kier molecular flexibility index (Phi) is 3.72. The molecular formula is C16H22N4. The van der Waals surface area contributed by atoms with Crippen LogP contribution in [0.5, 0.6) is 0 Å². The second-order valence-electron chi connectivity index (χ2n) is 5.93. The summed E-state index contributed by atoms with van der Waals surface area (Å²) in [7, 11) is 0. The first-order valence-electron chi connectivity index (χ1n) is 7.46. The van der Waals surface area contributed by atoms with Gasteiger partial charge in [0.25, 0.3) is 0 Å². The predicted molar refractivity (Wildman–Crippen MR) is 81.6 cm³/mol. The molecule has 2 aromatic rings. The molecule has 1 aromatic carbocycles. The average molecular weight is 270 g/mol. The SMILES string of the molecule is Cc1nc(-c2cccc(NC3CCC(C)CC3)c2)n[nH]1. The molecule has 1 saturated carbocycles. The van der Waals surface area contributed by atoms with E-state index in [-0.39, 0.29) is 0 Å². The first-order valence-corrected chi connectivity index (χ1v) is 7.46. The number of hydrogen-bond acceptors (Lipinski definition) is 3. The fourth-order valence-electron chi connectivity index (χ4n) is 2.86. The largest absolute Gasteiger partial charge is 0.382 e. The molecule has 0 atom stereocenters. The summed E-state index contributed by atoms with van der Waals surface area (Å²) in [5.41, 5.74) is 2.23. The van der Waals surface area contributed by atoms with Gasteiger partial charge in [-0.15, -0.1) is 0 Å². The minimum absolute atomic E-state index is 0.607. The van der Waals surface area contributed by atoms with Crippen LogP contribution in [0.1, 0.15) is 38.4 Å². The van der Waals surface area contributed by atoms with E-state index in [1.807, 2.05) is 6.92 Å². The van der Waals surface area contributed by atoms with Gasteiger partial charge in [-0.05, 0) is 50.7 Å². The number of nitrogens with zero attached hydrogens (tertiary/aromatic N) is 2. The van der Waals surface area contributed by atoms with Gasteiger partial charge in [-0.2, -0.15) is 5.10 Å². The molecule has 0 aliphatic heterocycles. The van der Waals surface area contributed by atoms with Gasteiger partial charge in [0, 0.05) is 17.3 Å². The Morgan fingerprint density at radius 1 is 1.20 bits per heavy atom. The minimum Gasteiger partial charge on any atom is -0.382 e. The lowest BCUT2D eigenvalue weighted by atomic mass is 9.87. The second kappa shape index (κ2) is 5.65. The van der Waals surface area contributed by atoms with Crippen LogP contribution in [-0.4, -0.2) is 21.2 Å². The van der Waals surface area contributed by atoms with Crippen LogP contribution in [0, 0.1) is 12.8 Å². The fraction of sp³-hybridized carbons (Fsp3) is 0.500. The second-order valence-corrected chi connectivity index (χ2v) is 5.93. The molecule has 1 heterocycles. The molecule has 0 saturated heterocycles. The molecule has 4 nitrogen and oxygen atoms in total. The van der Waals surface area contributed by atoms with Crippen LogP contribution in [0.3, 0.4) is 0 Å². The maximum absolute atomic E-state index is 4.38. The summed E-state index contributed by atoms with van der Waals surface area (Å²) in [4.78, 5) is 4.38. The molecule has 2 N–H and O–H groups in total. The van der Waals surface area contributed by atoms with Crippen molar-refractivity contribution in [1.82, 2.24) is 15.2 Å². The number of anilines is 1. The first-order chi connectivity index (χ1) is 9.70. The summed E-state index contributed by atoms with van der Waals surface area (Å²) in [5, 5.41) is 10.8. The van der Waals surface area contributed by atoms with Crippen LogP contribution in [-0.2, 0) is 0 Å². The number of benzene rings is 1. The van der Waals surface area contributed by atoms with Crippen LogP contribution in [0.25, 0.3) is 11.4 Å². The summed E-state index contributed by atoms with van der Waals surface area (Å²) in [6.45, 7) is 4.27. The standard InChI is InChI=1S/C16H22N4/c1-11-6-8-14(9-7-11)18-15-5-3-4-13(10-15)16-17-12(2)19-20-16/h3-5,10-11,14,18H,6-9H2,1-2H3,(H,17,19,20). The molecule has 3 rings (SSSR count). The van der Waals surface area contributed by atoms with E-state index in [2.05, 4.69) is 51.7 Å². The van der Waals surface area contributed by atoms with Crippen molar-refractivity contribution in [3.8, 4) is 11.4 Å². The quantitative estimate of drug-likeness (QED) is 0.892. The number of aryl methyl sites for hydroxylation is 1. The summed E-state index contributed by atoms with van der Waals surface area (Å²) in [5.74, 6) is 2.50. The van der Waals surface area contributed by atoms with Gasteiger partial charge in [0.15, 0.2) is 5.82 Å². The minimum atomic E-state index is 0.607. The fourth-order valence-corrected chi connectivity index (χ4v) is 2.86. The van der Waals surface area contributed by atoms with E-state index >= 15 is 0 Å². The van der Waals surface area contributed by atoms with E-state index < -0.39 is 0 Å². The van der Waals surface area contributed by atoms with Gasteiger partial charge in [-0.3, -0.25) is 5.10 Å². The highest BCUT2D eigenvalue weighted by Crippen LogP contribution is 2.27. The average Bonchev–Trinajstić information content (AvgIpc) is 2.89. The topological polar surface area (TPSA) is 53.6 Å². The first kappa shape index (κ1) is 13.2. The van der Waals surface area contributed by atoms with Crippen LogP contribution < -0.4 is 5.32 Å². The number of nitrogens with one attached hydrogen (secondary N) is 2. The van der Waals surface area contributed by atoms with Gasteiger partial charge in [-0.1, -0.05) is 19.1 Å². The molecule has 0 spiro atoms. The van der Waals surface area contributed by atoms with Crippen molar-refractivity contribution in [3.05, 3.63) is 30.1 Å². The van der Waals surface area contributed by atoms with Crippen molar-refractivity contribution in [2.24, 2.45) is 5.92 Å². The molecule has 20 heavy (non-hydrogen) atoms. The Balaban J connectivity index is 1.71. The molecular weight excluding hydrogens is 248 g/mol. The highest BCUT2D eigenvalue weighted by molar-refractivity contribution is 5.62. The molecule has 0 amide bonds. The molecule has 106 valence electrons. The lowest BCUT2D eigenvalue weighted by molar-refractivity contribution is 0.361. The zero-order valence-electron chi connectivity index (χ0n) is 12.2. The number of aromatic nitrogens is 3. The third-order valence-electron chi connectivity index (χ3n) is 4.10. The number of rotatable bonds is 3. The molecule has 0 bridgehead atoms. The maximum atomic E-state index is 4.38. The maximum Gasteiger partial charge on any atom is 0.181 e. The Morgan fingerprint density at radius 3 is 2.70 bits per heavy atom. The molecule has 1 fully saturated rings. The van der Waals surface area contributed by atoms with E-state index in [0.29, 0.717) is 6.04 Å². The van der Waals surface area contributed by atoms with E-state index in [1.54, 1.807) is 0 Å². The summed E-state index contributed by atoms with van der Waals surface area (Å²) in [6, 6.07) is 8.99. The van der Waals surface area contributed by atoms with Crippen molar-refractivity contribution in [2.45, 2.75) is 45.6 Å². The third-order valence-corrected chi connectivity index (χ3v) is 4.10. The van der Waals surface area contributed by atoms with Crippen molar-refractivity contribution in [2.75, 3.05) is 5.32 Å². The molecule has 1 aromatic heterocycles. The highest BCUT2D eigenvalue weighted by atomic mass is 15.2. The number of aromatic amines is 1. The monoisotopic (exact) mass is 270 g/mol. The van der Waals surface area contributed by atoms with Gasteiger partial charge in [-0.25, -0.2) is 4.98 Å². The normalized spacial score (nSPS) is 22.7. The van der Waals surface area contributed by atoms with Gasteiger partial charge in [0.1, 0.15) is 5.82 Å². The zero-order valence-corrected chi connectivity index (χ0v) is 12.2. The van der Waals surface area contributed by atoms with Crippen LogP contribution in [0.2, 0.25) is 0 Å². The van der Waals surface area contributed by atoms with Crippen molar-refractivity contribution in [3.63, 3.8) is 0 Å². The summed E-state index contributed by atoms with van der Waals surface area (Å²) in [6.07, 6.45) is 5.20. The summed E-state index contributed by atoms with van der Waals surface area (Å²) < 4.78 is 0. The Hall–Kier alpha value is -1.84. The van der Waals surface area contributed by atoms with Crippen molar-refractivity contribution < 1.29 is 0 Å². The van der Waals surface area contributed by atoms with Crippen molar-refractivity contribution >= 4 is 5.69 Å². The Bertz CT molecular complexity index is 567. The van der Waals surface area contributed by atoms with Gasteiger partial charge >= 0.3 is 0 Å². The summed E-state index contributed by atoms with van der Waals surface area (Å²) >= 11 is 0. The third kappa shape index (κ3) is 3.00. The smallest absolute Gasteiger partial charge is 0.181 e. The van der Waals surface area contributed by atoms with E-state index in [4.69, 9.17) is 0 Å². The van der Waals surface area contributed by atoms with Crippen LogP contribution in [0.4, 0.5) is 5.69 Å². The van der Waals surface area contributed by atoms with E-state index in [1.165, 1.54) is 31.4 Å². The van der Waals surface area contributed by atoms with Gasteiger partial charge in [0.05, 0.1) is 0 Å². The Labute approximate surface area is 120 Å². The number of hydrogen-bond donors (Lipinski definition) is 2. The van der Waals surface area contributed by atoms with E-state index in [9.17, 15) is 0 Å². The highest BCUT2D eigenvalue weighted by Gasteiger charge is 2.18. The lowest BCUT2D eigenvalue weighted by Gasteiger charge is -2.27. The Morgan fingerprint density at radius 2 is 2.00 bits per heavy atom. The molecule has 4 heteroatoms. The molecule has 1 aliphatic carbocycles. The van der Waals surface area contributed by atoms with Crippen LogP contribution >= 0.6 is 0 Å². The molecule has 0 unspecified atom stereocenters.